The Morgan fingerprint density at radius 1 is 1.34 bits per heavy atom. The molecule has 1 fully saturated rings. The Morgan fingerprint density at radius 3 is 2.79 bits per heavy atom. The summed E-state index contributed by atoms with van der Waals surface area (Å²) in [6, 6.07) is 5.52. The number of aliphatic hydroxyl groups excluding tert-OH is 1. The lowest BCUT2D eigenvalue weighted by molar-refractivity contribution is 0.159. The van der Waals surface area contributed by atoms with E-state index in [-0.39, 0.29) is 36.4 Å². The number of hydrogen-bond donors (Lipinski definition) is 2. The zero-order valence-electron chi connectivity index (χ0n) is 16.8. The lowest BCUT2D eigenvalue weighted by atomic mass is 10.1. The van der Waals surface area contributed by atoms with Crippen molar-refractivity contribution in [2.45, 2.75) is 49.8 Å². The molecule has 162 valence electrons. The highest BCUT2D eigenvalue weighted by Gasteiger charge is 2.24. The Labute approximate surface area is 182 Å². The summed E-state index contributed by atoms with van der Waals surface area (Å²) in [6.07, 6.45) is 3.23. The molecular formula is C20H29ClN2O4S2. The predicted molar refractivity (Wildman–Crippen MR) is 120 cm³/mol. The van der Waals surface area contributed by atoms with Gasteiger partial charge in [-0.3, -0.25) is 9.69 Å². The van der Waals surface area contributed by atoms with Gasteiger partial charge >= 0.3 is 0 Å². The van der Waals surface area contributed by atoms with Crippen molar-refractivity contribution in [1.82, 2.24) is 9.88 Å². The number of likely N-dealkylation sites (tertiary alicyclic amines) is 1. The van der Waals surface area contributed by atoms with E-state index in [1.807, 2.05) is 26.0 Å². The summed E-state index contributed by atoms with van der Waals surface area (Å²) in [4.78, 5) is 17.8. The first-order chi connectivity index (χ1) is 13.4. The Morgan fingerprint density at radius 2 is 2.10 bits per heavy atom. The fourth-order valence-electron chi connectivity index (χ4n) is 3.77. The number of rotatable bonds is 8. The van der Waals surface area contributed by atoms with Crippen LogP contribution in [-0.4, -0.2) is 54.9 Å². The maximum atomic E-state index is 12.7. The van der Waals surface area contributed by atoms with Gasteiger partial charge in [0.05, 0.1) is 12.4 Å². The van der Waals surface area contributed by atoms with Gasteiger partial charge in [0, 0.05) is 27.7 Å². The maximum absolute atomic E-state index is 12.7. The fraction of sp³-hybridized carbons (Fsp3) is 0.550. The highest BCUT2D eigenvalue weighted by Crippen LogP contribution is 2.33. The van der Waals surface area contributed by atoms with E-state index in [1.54, 1.807) is 6.07 Å². The summed E-state index contributed by atoms with van der Waals surface area (Å²) < 4.78 is 25.9. The largest absolute Gasteiger partial charge is 0.395 e. The summed E-state index contributed by atoms with van der Waals surface area (Å²) in [5.74, 6) is 0.104. The van der Waals surface area contributed by atoms with Crippen molar-refractivity contribution in [3.8, 4) is 10.4 Å². The number of pyridine rings is 1. The van der Waals surface area contributed by atoms with Gasteiger partial charge in [-0.2, -0.15) is 0 Å². The molecule has 0 unspecified atom stereocenters. The van der Waals surface area contributed by atoms with Crippen LogP contribution in [0.1, 0.15) is 37.4 Å². The number of sulfone groups is 1. The molecule has 2 aromatic rings. The number of thiophene rings is 1. The van der Waals surface area contributed by atoms with Crippen LogP contribution in [0, 0.1) is 6.92 Å². The molecule has 6 nitrogen and oxygen atoms in total. The Balaban J connectivity index is 0.00000300. The van der Waals surface area contributed by atoms with E-state index in [9.17, 15) is 18.3 Å². The smallest absolute Gasteiger partial charge is 0.251 e. The van der Waals surface area contributed by atoms with Crippen molar-refractivity contribution in [3.05, 3.63) is 39.8 Å². The molecule has 1 atom stereocenters. The van der Waals surface area contributed by atoms with Crippen LogP contribution in [0.25, 0.3) is 10.4 Å². The molecule has 0 aromatic carbocycles. The van der Waals surface area contributed by atoms with Crippen molar-refractivity contribution in [2.24, 2.45) is 0 Å². The number of hydrogen-bond acceptors (Lipinski definition) is 6. The molecule has 2 aromatic heterocycles. The van der Waals surface area contributed by atoms with Crippen LogP contribution in [0.15, 0.2) is 27.2 Å². The third-order valence-corrected chi connectivity index (χ3v) is 8.92. The molecule has 1 saturated heterocycles. The van der Waals surface area contributed by atoms with Crippen molar-refractivity contribution >= 4 is 33.6 Å². The van der Waals surface area contributed by atoms with Gasteiger partial charge in [-0.05, 0) is 63.9 Å². The Hall–Kier alpha value is -1.19. The molecule has 0 bridgehead atoms. The minimum atomic E-state index is -3.34. The quantitative estimate of drug-likeness (QED) is 0.631. The second kappa shape index (κ2) is 10.2. The van der Waals surface area contributed by atoms with Gasteiger partial charge in [-0.25, -0.2) is 8.42 Å². The third-order valence-electron chi connectivity index (χ3n) is 5.42. The van der Waals surface area contributed by atoms with E-state index in [1.165, 1.54) is 11.3 Å². The van der Waals surface area contributed by atoms with Crippen LogP contribution >= 0.6 is 23.7 Å². The molecule has 0 radical (unpaired) electrons. The number of halogens is 1. The second-order valence-electron chi connectivity index (χ2n) is 7.32. The van der Waals surface area contributed by atoms with Gasteiger partial charge in [-0.15, -0.1) is 23.7 Å². The SMILES string of the molecule is CCc1cc(-c2ccc(S(=O)(=O)CCCN3CCC[C@@H]3CO)s2)c(C)[nH]c1=O.Cl. The zero-order valence-corrected chi connectivity index (χ0v) is 19.3. The first kappa shape index (κ1) is 24.1. The van der Waals surface area contributed by atoms with Crippen LogP contribution in [0.5, 0.6) is 0 Å². The molecule has 1 aliphatic rings. The Bertz CT molecular complexity index is 985. The molecule has 0 amide bonds. The molecule has 0 aliphatic carbocycles. The van der Waals surface area contributed by atoms with Gasteiger partial charge in [0.25, 0.3) is 5.56 Å². The van der Waals surface area contributed by atoms with E-state index in [0.29, 0.717) is 29.2 Å². The second-order valence-corrected chi connectivity index (χ2v) is 10.7. The van der Waals surface area contributed by atoms with E-state index < -0.39 is 9.84 Å². The number of aromatic amines is 1. The van der Waals surface area contributed by atoms with E-state index in [4.69, 9.17) is 0 Å². The monoisotopic (exact) mass is 460 g/mol. The molecule has 0 saturated carbocycles. The average Bonchev–Trinajstić information content (AvgIpc) is 3.31. The van der Waals surface area contributed by atoms with Crippen molar-refractivity contribution in [2.75, 3.05) is 25.4 Å². The number of H-pyrrole nitrogens is 1. The van der Waals surface area contributed by atoms with Crippen molar-refractivity contribution < 1.29 is 13.5 Å². The summed E-state index contributed by atoms with van der Waals surface area (Å²) >= 11 is 1.26. The summed E-state index contributed by atoms with van der Waals surface area (Å²) in [7, 11) is -3.34. The third kappa shape index (κ3) is 5.49. The van der Waals surface area contributed by atoms with Gasteiger partial charge in [0.1, 0.15) is 4.21 Å². The minimum Gasteiger partial charge on any atom is -0.395 e. The number of aryl methyl sites for hydroxylation is 2. The maximum Gasteiger partial charge on any atom is 0.251 e. The first-order valence-corrected chi connectivity index (χ1v) is 12.2. The molecule has 3 heterocycles. The fourth-order valence-corrected chi connectivity index (χ4v) is 6.59. The van der Waals surface area contributed by atoms with E-state index in [0.717, 1.165) is 35.5 Å². The number of aliphatic hydroxyl groups is 1. The molecule has 0 spiro atoms. The standard InChI is InChI=1S/C20H28N2O4S2.ClH/c1-3-15-12-17(14(2)21-20(15)24)18-7-8-19(27-18)28(25,26)11-5-10-22-9-4-6-16(22)13-23;/h7-8,12,16,23H,3-6,9-11,13H2,1-2H3,(H,21,24);1H/t16-;/m1./s1. The molecular weight excluding hydrogens is 432 g/mol. The van der Waals surface area contributed by atoms with E-state index in [2.05, 4.69) is 9.88 Å². The highest BCUT2D eigenvalue weighted by molar-refractivity contribution is 7.93. The van der Waals surface area contributed by atoms with Crippen LogP contribution in [0.2, 0.25) is 0 Å². The number of nitrogens with zero attached hydrogens (tertiary/aromatic N) is 1. The Kier molecular flexibility index (Phi) is 8.48. The van der Waals surface area contributed by atoms with Crippen LogP contribution < -0.4 is 5.56 Å². The minimum absolute atomic E-state index is 0. The highest BCUT2D eigenvalue weighted by atomic mass is 35.5. The lowest BCUT2D eigenvalue weighted by Crippen LogP contribution is -2.33. The first-order valence-electron chi connectivity index (χ1n) is 9.76. The number of nitrogens with one attached hydrogen (secondary N) is 1. The average molecular weight is 461 g/mol. The van der Waals surface area contributed by atoms with Crippen molar-refractivity contribution in [1.29, 1.82) is 0 Å². The van der Waals surface area contributed by atoms with Gasteiger partial charge < -0.3 is 10.1 Å². The van der Waals surface area contributed by atoms with Gasteiger partial charge in [-0.1, -0.05) is 6.92 Å². The lowest BCUT2D eigenvalue weighted by Gasteiger charge is -2.22. The summed E-state index contributed by atoms with van der Waals surface area (Å²) in [5, 5.41) is 9.38. The summed E-state index contributed by atoms with van der Waals surface area (Å²) in [5.41, 5.74) is 2.24. The molecule has 29 heavy (non-hydrogen) atoms. The number of aromatic nitrogens is 1. The molecule has 3 rings (SSSR count). The normalized spacial score (nSPS) is 17.4. The van der Waals surface area contributed by atoms with Crippen LogP contribution in [0.3, 0.4) is 0 Å². The molecule has 2 N–H and O–H groups in total. The van der Waals surface area contributed by atoms with Crippen molar-refractivity contribution in [3.63, 3.8) is 0 Å². The van der Waals surface area contributed by atoms with Crippen LogP contribution in [-0.2, 0) is 16.3 Å². The topological polar surface area (TPSA) is 90.5 Å². The summed E-state index contributed by atoms with van der Waals surface area (Å²) in [6.45, 7) is 5.52. The van der Waals surface area contributed by atoms with Crippen LogP contribution in [0.4, 0.5) is 0 Å². The molecule has 9 heteroatoms. The zero-order chi connectivity index (χ0) is 20.3. The predicted octanol–water partition coefficient (Wildman–Crippen LogP) is 3.02. The molecule has 1 aliphatic heterocycles. The van der Waals surface area contributed by atoms with E-state index >= 15 is 0 Å². The van der Waals surface area contributed by atoms with Gasteiger partial charge in [0.15, 0.2) is 9.84 Å². The van der Waals surface area contributed by atoms with Gasteiger partial charge in [0.2, 0.25) is 0 Å².